The first-order valence-electron chi connectivity index (χ1n) is 12.2. The molecule has 6 nitrogen and oxygen atoms in total. The Balaban J connectivity index is 0.00000512. The Morgan fingerprint density at radius 1 is 1.16 bits per heavy atom. The number of rotatable bonds is 12. The third-order valence-electron chi connectivity index (χ3n) is 6.41. The van der Waals surface area contributed by atoms with Crippen LogP contribution in [0.25, 0.3) is 0 Å². The molecule has 0 amide bonds. The quantitative estimate of drug-likeness (QED) is 0.178. The van der Waals surface area contributed by atoms with Gasteiger partial charge in [-0.2, -0.15) is 0 Å². The average molecular weight is 559 g/mol. The zero-order valence-electron chi connectivity index (χ0n) is 21.0. The Morgan fingerprint density at radius 3 is 2.53 bits per heavy atom. The molecule has 32 heavy (non-hydrogen) atoms. The lowest BCUT2D eigenvalue weighted by molar-refractivity contribution is 0.0891. The van der Waals surface area contributed by atoms with Crippen LogP contribution in [0.1, 0.15) is 51.6 Å². The molecule has 2 atom stereocenters. The van der Waals surface area contributed by atoms with E-state index in [0.717, 1.165) is 64.6 Å². The van der Waals surface area contributed by atoms with E-state index in [0.29, 0.717) is 12.1 Å². The Morgan fingerprint density at radius 2 is 1.88 bits per heavy atom. The number of halogens is 1. The van der Waals surface area contributed by atoms with Gasteiger partial charge in [-0.3, -0.25) is 9.89 Å². The summed E-state index contributed by atoms with van der Waals surface area (Å²) in [6, 6.07) is 11.9. The molecule has 0 radical (unpaired) electrons. The van der Waals surface area contributed by atoms with Gasteiger partial charge in [-0.1, -0.05) is 44.2 Å². The van der Waals surface area contributed by atoms with Crippen molar-refractivity contribution in [1.82, 2.24) is 25.3 Å². The summed E-state index contributed by atoms with van der Waals surface area (Å²) < 4.78 is 0. The van der Waals surface area contributed by atoms with E-state index in [1.54, 1.807) is 0 Å². The van der Waals surface area contributed by atoms with Crippen LogP contribution in [0.3, 0.4) is 0 Å². The highest BCUT2D eigenvalue weighted by Crippen LogP contribution is 2.24. The van der Waals surface area contributed by atoms with E-state index in [1.807, 2.05) is 7.05 Å². The van der Waals surface area contributed by atoms with Crippen molar-refractivity contribution in [1.29, 1.82) is 0 Å². The predicted molar refractivity (Wildman–Crippen MR) is 149 cm³/mol. The van der Waals surface area contributed by atoms with E-state index >= 15 is 0 Å². The number of hydrogen-bond donors (Lipinski definition) is 2. The van der Waals surface area contributed by atoms with Gasteiger partial charge in [0.2, 0.25) is 0 Å². The molecule has 0 saturated carbocycles. The van der Waals surface area contributed by atoms with Crippen LogP contribution in [0, 0.1) is 0 Å². The standard InChI is InChI=1S/C25H46N6.HI/c1-6-30(7-2)17-11-13-22(3)28-25(26-4)27-16-12-18-31-20-19-29(5)21-24(31)23-14-9-8-10-15-23;/h8-10,14-15,22,24H,6-7,11-13,16-21H2,1-5H3,(H2,26,27,28);1H. The minimum Gasteiger partial charge on any atom is -0.356 e. The molecule has 1 aliphatic rings. The van der Waals surface area contributed by atoms with Gasteiger partial charge in [0, 0.05) is 51.9 Å². The summed E-state index contributed by atoms with van der Waals surface area (Å²) in [6.07, 6.45) is 3.50. The summed E-state index contributed by atoms with van der Waals surface area (Å²) in [5.74, 6) is 0.924. The molecule has 0 bridgehead atoms. The Labute approximate surface area is 214 Å². The van der Waals surface area contributed by atoms with E-state index in [4.69, 9.17) is 0 Å². The largest absolute Gasteiger partial charge is 0.356 e. The van der Waals surface area contributed by atoms with Crippen LogP contribution in [-0.4, -0.2) is 93.2 Å². The number of nitrogens with one attached hydrogen (secondary N) is 2. The molecule has 1 aliphatic heterocycles. The van der Waals surface area contributed by atoms with Gasteiger partial charge in [-0.05, 0) is 58.4 Å². The van der Waals surface area contributed by atoms with Crippen molar-refractivity contribution in [2.45, 2.75) is 52.1 Å². The zero-order valence-corrected chi connectivity index (χ0v) is 23.3. The SMILES string of the molecule is CCN(CC)CCCC(C)NC(=NC)NCCCN1CCN(C)CC1c1ccccc1.I. The first kappa shape index (κ1) is 29.1. The fourth-order valence-electron chi connectivity index (χ4n) is 4.37. The number of hydrogen-bond acceptors (Lipinski definition) is 4. The molecule has 1 saturated heterocycles. The molecule has 0 aromatic heterocycles. The Bertz CT molecular complexity index is 622. The minimum absolute atomic E-state index is 0. The highest BCUT2D eigenvalue weighted by molar-refractivity contribution is 14.0. The molecule has 2 rings (SSSR count). The number of likely N-dealkylation sites (N-methyl/N-ethyl adjacent to an activating group) is 1. The van der Waals surface area contributed by atoms with Gasteiger partial charge in [0.1, 0.15) is 0 Å². The molecule has 0 aliphatic carbocycles. The predicted octanol–water partition coefficient (Wildman–Crippen LogP) is 3.66. The summed E-state index contributed by atoms with van der Waals surface area (Å²) in [4.78, 5) is 12.0. The normalized spacial score (nSPS) is 18.9. The van der Waals surface area contributed by atoms with Crippen LogP contribution in [-0.2, 0) is 0 Å². The second-order valence-electron chi connectivity index (χ2n) is 8.79. The van der Waals surface area contributed by atoms with Crippen LogP contribution in [0.15, 0.2) is 35.3 Å². The molecular formula is C25H47IN6. The summed E-state index contributed by atoms with van der Waals surface area (Å²) >= 11 is 0. The van der Waals surface area contributed by atoms with Crippen molar-refractivity contribution in [3.8, 4) is 0 Å². The molecule has 1 aromatic rings. The number of nitrogens with zero attached hydrogens (tertiary/aromatic N) is 4. The number of guanidine groups is 1. The molecule has 0 spiro atoms. The van der Waals surface area contributed by atoms with Crippen LogP contribution < -0.4 is 10.6 Å². The lowest BCUT2D eigenvalue weighted by Crippen LogP contribution is -2.48. The van der Waals surface area contributed by atoms with Crippen LogP contribution in [0.4, 0.5) is 0 Å². The van der Waals surface area contributed by atoms with Gasteiger partial charge >= 0.3 is 0 Å². The lowest BCUT2D eigenvalue weighted by atomic mass is 10.0. The second-order valence-corrected chi connectivity index (χ2v) is 8.79. The highest BCUT2D eigenvalue weighted by atomic mass is 127. The molecule has 2 unspecified atom stereocenters. The van der Waals surface area contributed by atoms with Crippen LogP contribution in [0.5, 0.6) is 0 Å². The summed E-state index contributed by atoms with van der Waals surface area (Å²) in [5, 5.41) is 7.07. The van der Waals surface area contributed by atoms with Crippen molar-refractivity contribution in [2.24, 2.45) is 4.99 Å². The fraction of sp³-hybridized carbons (Fsp3) is 0.720. The molecular weight excluding hydrogens is 511 g/mol. The fourth-order valence-corrected chi connectivity index (χ4v) is 4.37. The van der Waals surface area contributed by atoms with E-state index in [2.05, 4.69) is 88.5 Å². The van der Waals surface area contributed by atoms with Gasteiger partial charge < -0.3 is 20.4 Å². The third-order valence-corrected chi connectivity index (χ3v) is 6.41. The second kappa shape index (κ2) is 16.7. The number of piperazine rings is 1. The molecule has 2 N–H and O–H groups in total. The molecule has 1 fully saturated rings. The first-order valence-corrected chi connectivity index (χ1v) is 12.2. The van der Waals surface area contributed by atoms with Crippen molar-refractivity contribution in [2.75, 3.05) is 66.5 Å². The van der Waals surface area contributed by atoms with Gasteiger partial charge in [0.25, 0.3) is 0 Å². The maximum atomic E-state index is 4.42. The maximum absolute atomic E-state index is 4.42. The third kappa shape index (κ3) is 10.4. The van der Waals surface area contributed by atoms with Gasteiger partial charge in [-0.15, -0.1) is 24.0 Å². The van der Waals surface area contributed by atoms with Gasteiger partial charge in [-0.25, -0.2) is 0 Å². The zero-order chi connectivity index (χ0) is 22.5. The molecule has 7 heteroatoms. The van der Waals surface area contributed by atoms with E-state index < -0.39 is 0 Å². The van der Waals surface area contributed by atoms with Crippen molar-refractivity contribution in [3.05, 3.63) is 35.9 Å². The smallest absolute Gasteiger partial charge is 0.191 e. The minimum atomic E-state index is 0. The molecule has 1 aromatic carbocycles. The van der Waals surface area contributed by atoms with Crippen molar-refractivity contribution < 1.29 is 0 Å². The number of benzene rings is 1. The van der Waals surface area contributed by atoms with Crippen molar-refractivity contribution >= 4 is 29.9 Å². The lowest BCUT2D eigenvalue weighted by Gasteiger charge is -2.40. The molecule has 184 valence electrons. The summed E-state index contributed by atoms with van der Waals surface area (Å²) in [5.41, 5.74) is 1.43. The van der Waals surface area contributed by atoms with E-state index in [1.165, 1.54) is 18.5 Å². The number of aliphatic imine (C=N–C) groups is 1. The average Bonchev–Trinajstić information content (AvgIpc) is 2.80. The topological polar surface area (TPSA) is 46.1 Å². The summed E-state index contributed by atoms with van der Waals surface area (Å²) in [7, 11) is 4.09. The Hall–Kier alpha value is -0.900. The van der Waals surface area contributed by atoms with E-state index in [-0.39, 0.29) is 24.0 Å². The van der Waals surface area contributed by atoms with Gasteiger partial charge in [0.15, 0.2) is 5.96 Å². The van der Waals surface area contributed by atoms with Crippen LogP contribution >= 0.6 is 24.0 Å². The Kier molecular flexibility index (Phi) is 15.2. The van der Waals surface area contributed by atoms with E-state index in [9.17, 15) is 0 Å². The van der Waals surface area contributed by atoms with Crippen molar-refractivity contribution in [3.63, 3.8) is 0 Å². The first-order chi connectivity index (χ1) is 15.1. The highest BCUT2D eigenvalue weighted by Gasteiger charge is 2.25. The monoisotopic (exact) mass is 558 g/mol. The maximum Gasteiger partial charge on any atom is 0.191 e. The van der Waals surface area contributed by atoms with Crippen LogP contribution in [0.2, 0.25) is 0 Å². The summed E-state index contributed by atoms with van der Waals surface area (Å²) in [6.45, 7) is 15.6. The molecule has 1 heterocycles. The van der Waals surface area contributed by atoms with Gasteiger partial charge in [0.05, 0.1) is 0 Å².